The Morgan fingerprint density at radius 1 is 1.00 bits per heavy atom. The van der Waals surface area contributed by atoms with Gasteiger partial charge >= 0.3 is 21.1 Å². The van der Waals surface area contributed by atoms with E-state index in [-0.39, 0.29) is 12.6 Å². The number of aryl methyl sites for hydroxylation is 1. The smallest absolute Gasteiger partial charge is 0.324 e. The SMILES string of the molecule is O=c1ccn(CCCCCCP(=O)(CP(=O)(O)O)OP(=O)(O)O)c(=O)[nH]1. The number of nitrogens with zero attached hydrogens (tertiary/aromatic N) is 1. The molecular weight excluding hydrogens is 413 g/mol. The van der Waals surface area contributed by atoms with E-state index in [1.165, 1.54) is 16.8 Å². The van der Waals surface area contributed by atoms with E-state index in [0.717, 1.165) is 0 Å². The average Bonchev–Trinajstić information content (AvgIpc) is 2.40. The number of H-pyrrole nitrogens is 1. The van der Waals surface area contributed by atoms with Crippen LogP contribution in [0.2, 0.25) is 0 Å². The van der Waals surface area contributed by atoms with Crippen LogP contribution in [0.1, 0.15) is 25.7 Å². The lowest BCUT2D eigenvalue weighted by Gasteiger charge is -2.19. The van der Waals surface area contributed by atoms with E-state index in [1.807, 2.05) is 0 Å². The maximum Gasteiger partial charge on any atom is 0.475 e. The second kappa shape index (κ2) is 9.39. The van der Waals surface area contributed by atoms with Gasteiger partial charge in [-0.15, -0.1) is 0 Å². The Bertz CT molecular complexity index is 822. The van der Waals surface area contributed by atoms with Crippen molar-refractivity contribution in [1.82, 2.24) is 9.55 Å². The van der Waals surface area contributed by atoms with Crippen molar-refractivity contribution in [3.63, 3.8) is 0 Å². The first-order chi connectivity index (χ1) is 11.8. The molecule has 1 atom stereocenters. The maximum atomic E-state index is 12.3. The summed E-state index contributed by atoms with van der Waals surface area (Å²) < 4.78 is 39.6. The second-order valence-electron chi connectivity index (χ2n) is 5.63. The van der Waals surface area contributed by atoms with Crippen molar-refractivity contribution >= 4 is 22.8 Å². The van der Waals surface area contributed by atoms with Crippen LogP contribution in [-0.4, -0.2) is 41.2 Å². The van der Waals surface area contributed by atoms with Crippen molar-refractivity contribution in [2.75, 3.05) is 12.1 Å². The summed E-state index contributed by atoms with van der Waals surface area (Å²) >= 11 is 0. The van der Waals surface area contributed by atoms with E-state index < -0.39 is 39.9 Å². The van der Waals surface area contributed by atoms with Crippen molar-refractivity contribution in [1.29, 1.82) is 0 Å². The fourth-order valence-corrected chi connectivity index (χ4v) is 8.29. The minimum Gasteiger partial charge on any atom is -0.324 e. The molecule has 1 aromatic rings. The molecule has 0 bridgehead atoms. The molecular formula is C11H21N2O10P3. The molecule has 0 aliphatic rings. The highest BCUT2D eigenvalue weighted by atomic mass is 31.3. The highest BCUT2D eigenvalue weighted by Gasteiger charge is 2.38. The van der Waals surface area contributed by atoms with Gasteiger partial charge in [-0.2, -0.15) is 0 Å². The molecule has 0 saturated carbocycles. The van der Waals surface area contributed by atoms with Crippen LogP contribution in [0.25, 0.3) is 0 Å². The predicted octanol–water partition coefficient (Wildman–Crippen LogP) is 0.620. The highest BCUT2D eigenvalue weighted by Crippen LogP contribution is 2.65. The van der Waals surface area contributed by atoms with Gasteiger partial charge in [-0.25, -0.2) is 13.7 Å². The summed E-state index contributed by atoms with van der Waals surface area (Å²) in [6.07, 6.45) is 2.65. The minimum absolute atomic E-state index is 0.164. The third-order valence-corrected chi connectivity index (χ3v) is 9.44. The molecule has 26 heavy (non-hydrogen) atoms. The molecule has 0 aliphatic carbocycles. The Kier molecular flexibility index (Phi) is 8.38. The van der Waals surface area contributed by atoms with E-state index >= 15 is 0 Å². The monoisotopic (exact) mass is 434 g/mol. The van der Waals surface area contributed by atoms with Gasteiger partial charge in [-0.3, -0.25) is 18.9 Å². The third-order valence-electron chi connectivity index (χ3n) is 3.20. The lowest BCUT2D eigenvalue weighted by atomic mass is 10.2. The van der Waals surface area contributed by atoms with E-state index in [4.69, 9.17) is 19.6 Å². The highest BCUT2D eigenvalue weighted by molar-refractivity contribution is 7.76. The van der Waals surface area contributed by atoms with Crippen LogP contribution >= 0.6 is 22.8 Å². The molecule has 0 fully saturated rings. The standard InChI is InChI=1S/C11H21N2O10P3/c14-10-5-7-13(11(15)12-10)6-3-1-2-4-8-24(16,9-25(17,18)19)23-26(20,21)22/h5,7H,1-4,6,8-9H2,(H,12,14,15)(H2,17,18,19)(H2,20,21,22). The molecule has 0 aliphatic heterocycles. The van der Waals surface area contributed by atoms with Gasteiger partial charge in [0.15, 0.2) is 0 Å². The van der Waals surface area contributed by atoms with Crippen molar-refractivity contribution in [2.24, 2.45) is 0 Å². The molecule has 1 aromatic heterocycles. The number of nitrogens with one attached hydrogen (secondary N) is 1. The van der Waals surface area contributed by atoms with Gasteiger partial charge in [-0.1, -0.05) is 12.8 Å². The predicted molar refractivity (Wildman–Crippen MR) is 92.3 cm³/mol. The Hall–Kier alpha value is -0.830. The lowest BCUT2D eigenvalue weighted by Crippen LogP contribution is -2.28. The van der Waals surface area contributed by atoms with Crippen LogP contribution < -0.4 is 11.2 Å². The van der Waals surface area contributed by atoms with Gasteiger partial charge in [0.1, 0.15) is 5.90 Å². The molecule has 1 heterocycles. The largest absolute Gasteiger partial charge is 0.475 e. The van der Waals surface area contributed by atoms with Crippen LogP contribution in [0.4, 0.5) is 0 Å². The van der Waals surface area contributed by atoms with Crippen molar-refractivity contribution in [2.45, 2.75) is 32.2 Å². The van der Waals surface area contributed by atoms with Crippen LogP contribution in [0.5, 0.6) is 0 Å². The first kappa shape index (κ1) is 23.2. The van der Waals surface area contributed by atoms with Crippen molar-refractivity contribution < 1.29 is 37.6 Å². The number of hydrogen-bond donors (Lipinski definition) is 5. The minimum atomic E-state index is -5.16. The zero-order valence-electron chi connectivity index (χ0n) is 13.6. The van der Waals surface area contributed by atoms with Gasteiger partial charge < -0.3 is 24.1 Å². The topological polar surface area (TPSA) is 196 Å². The van der Waals surface area contributed by atoms with Crippen LogP contribution in [0.15, 0.2) is 21.9 Å². The fraction of sp³-hybridized carbons (Fsp3) is 0.636. The van der Waals surface area contributed by atoms with E-state index in [0.29, 0.717) is 25.8 Å². The first-order valence-electron chi connectivity index (χ1n) is 7.49. The summed E-state index contributed by atoms with van der Waals surface area (Å²) in [6, 6.07) is 1.21. The van der Waals surface area contributed by atoms with Crippen molar-refractivity contribution in [3.8, 4) is 0 Å². The molecule has 0 radical (unpaired) electrons. The number of hydrogen-bond acceptors (Lipinski definition) is 6. The Balaban J connectivity index is 2.48. The normalized spacial score (nSPS) is 14.9. The number of phosphoric acid groups is 1. The Labute approximate surface area is 148 Å². The molecule has 15 heteroatoms. The molecule has 12 nitrogen and oxygen atoms in total. The quantitative estimate of drug-likeness (QED) is 0.243. The number of aromatic nitrogens is 2. The summed E-state index contributed by atoms with van der Waals surface area (Å²) in [5.41, 5.74) is -1.05. The fourth-order valence-electron chi connectivity index (χ4n) is 2.22. The average molecular weight is 434 g/mol. The summed E-state index contributed by atoms with van der Waals surface area (Å²) in [5, 5.41) is 0. The van der Waals surface area contributed by atoms with E-state index in [2.05, 4.69) is 9.29 Å². The summed E-state index contributed by atoms with van der Waals surface area (Å²) in [4.78, 5) is 59.9. The summed E-state index contributed by atoms with van der Waals surface area (Å²) in [7, 11) is -14.1. The van der Waals surface area contributed by atoms with Gasteiger partial charge in [0.2, 0.25) is 7.37 Å². The van der Waals surface area contributed by atoms with Crippen LogP contribution in [-0.2, 0) is 24.6 Å². The molecule has 0 saturated heterocycles. The van der Waals surface area contributed by atoms with Gasteiger partial charge in [-0.05, 0) is 12.8 Å². The Morgan fingerprint density at radius 3 is 2.15 bits per heavy atom. The molecule has 1 unspecified atom stereocenters. The molecule has 150 valence electrons. The zero-order chi connectivity index (χ0) is 20.0. The van der Waals surface area contributed by atoms with Gasteiger partial charge in [0.05, 0.1) is 0 Å². The first-order valence-corrected chi connectivity index (χ1v) is 12.8. The molecule has 5 N–H and O–H groups in total. The number of unbranched alkanes of at least 4 members (excludes halogenated alkanes) is 3. The van der Waals surface area contributed by atoms with Crippen LogP contribution in [0, 0.1) is 0 Å². The molecule has 0 amide bonds. The third kappa shape index (κ3) is 9.75. The summed E-state index contributed by atoms with van der Waals surface area (Å²) in [5.74, 6) is -1.24. The molecule has 0 spiro atoms. The molecule has 0 aromatic carbocycles. The van der Waals surface area contributed by atoms with Crippen molar-refractivity contribution in [3.05, 3.63) is 33.1 Å². The second-order valence-corrected chi connectivity index (χ2v) is 11.8. The van der Waals surface area contributed by atoms with Crippen LogP contribution in [0.3, 0.4) is 0 Å². The zero-order valence-corrected chi connectivity index (χ0v) is 16.3. The molecule has 1 rings (SSSR count). The number of rotatable bonds is 11. The summed E-state index contributed by atoms with van der Waals surface area (Å²) in [6.45, 7) is 0.328. The van der Waals surface area contributed by atoms with Gasteiger partial charge in [0.25, 0.3) is 5.56 Å². The van der Waals surface area contributed by atoms with E-state index in [1.54, 1.807) is 0 Å². The van der Waals surface area contributed by atoms with E-state index in [9.17, 15) is 23.3 Å². The lowest BCUT2D eigenvalue weighted by molar-refractivity contribution is 0.283. The Morgan fingerprint density at radius 2 is 1.62 bits per heavy atom. The van der Waals surface area contributed by atoms with Gasteiger partial charge in [0, 0.05) is 25.0 Å². The number of aromatic amines is 1. The maximum absolute atomic E-state index is 12.3.